The minimum Gasteiger partial charge on any atom is -0.481 e. The Morgan fingerprint density at radius 2 is 2.18 bits per heavy atom. The first-order chi connectivity index (χ1) is 8.16. The van der Waals surface area contributed by atoms with Gasteiger partial charge in [0, 0.05) is 18.2 Å². The number of nitrogens with one attached hydrogen (secondary N) is 1. The predicted octanol–water partition coefficient (Wildman–Crippen LogP) is 1.70. The number of aromatic amines is 1. The Morgan fingerprint density at radius 1 is 1.47 bits per heavy atom. The summed E-state index contributed by atoms with van der Waals surface area (Å²) in [6, 6.07) is 1.91. The van der Waals surface area contributed by atoms with Crippen LogP contribution in [0.15, 0.2) is 10.9 Å². The van der Waals surface area contributed by atoms with Crippen molar-refractivity contribution in [2.24, 2.45) is 0 Å². The summed E-state index contributed by atoms with van der Waals surface area (Å²) < 4.78 is 1.71. The first-order valence-corrected chi connectivity index (χ1v) is 6.19. The molecule has 5 heteroatoms. The summed E-state index contributed by atoms with van der Waals surface area (Å²) in [5.41, 5.74) is 0.866. The first-order valence-electron chi connectivity index (χ1n) is 6.19. The Balaban J connectivity index is 1.98. The number of aromatic nitrogens is 2. The van der Waals surface area contributed by atoms with Crippen LogP contribution in [0.25, 0.3) is 0 Å². The van der Waals surface area contributed by atoms with Gasteiger partial charge in [-0.3, -0.25) is 14.7 Å². The lowest BCUT2D eigenvalue weighted by molar-refractivity contribution is -0.137. The summed E-state index contributed by atoms with van der Waals surface area (Å²) in [7, 11) is 0. The van der Waals surface area contributed by atoms with Gasteiger partial charge in [-0.25, -0.2) is 4.68 Å². The zero-order valence-corrected chi connectivity index (χ0v) is 9.82. The minimum atomic E-state index is -0.789. The molecular weight excluding hydrogens is 220 g/mol. The maximum atomic E-state index is 11.7. The van der Waals surface area contributed by atoms with Gasteiger partial charge in [0.15, 0.2) is 0 Å². The van der Waals surface area contributed by atoms with Gasteiger partial charge >= 0.3 is 5.97 Å². The van der Waals surface area contributed by atoms with Gasteiger partial charge in [-0.2, -0.15) is 0 Å². The van der Waals surface area contributed by atoms with Crippen LogP contribution in [0.5, 0.6) is 0 Å². The number of aliphatic carboxylic acids is 1. The van der Waals surface area contributed by atoms with E-state index in [0.717, 1.165) is 18.5 Å². The first kappa shape index (κ1) is 12.0. The average molecular weight is 238 g/mol. The van der Waals surface area contributed by atoms with Crippen molar-refractivity contribution in [1.82, 2.24) is 9.78 Å². The molecule has 0 aromatic carbocycles. The van der Waals surface area contributed by atoms with E-state index in [4.69, 9.17) is 5.11 Å². The van der Waals surface area contributed by atoms with E-state index in [-0.39, 0.29) is 12.0 Å². The predicted molar refractivity (Wildman–Crippen MR) is 63.1 cm³/mol. The van der Waals surface area contributed by atoms with Crippen LogP contribution in [0.3, 0.4) is 0 Å². The molecular formula is C12H18N2O3. The Labute approximate surface area is 99.4 Å². The zero-order chi connectivity index (χ0) is 12.3. The van der Waals surface area contributed by atoms with E-state index in [1.54, 1.807) is 10.7 Å². The van der Waals surface area contributed by atoms with Gasteiger partial charge in [-0.05, 0) is 25.7 Å². The minimum absolute atomic E-state index is 0.0159. The van der Waals surface area contributed by atoms with Crippen molar-refractivity contribution in [3.05, 3.63) is 22.1 Å². The quantitative estimate of drug-likeness (QED) is 0.819. The molecule has 94 valence electrons. The van der Waals surface area contributed by atoms with Crippen LogP contribution in [0.2, 0.25) is 0 Å². The standard InChI is InChI=1S/C12H18N2O3/c15-11-8-9(4-3-7-12(16)17)13-14(11)10-5-1-2-6-10/h8,10,13H,1-7H2,(H,16,17). The smallest absolute Gasteiger partial charge is 0.303 e. The number of rotatable bonds is 5. The summed E-state index contributed by atoms with van der Waals surface area (Å²) in [6.45, 7) is 0. The number of aryl methyl sites for hydroxylation is 1. The molecule has 0 unspecified atom stereocenters. The maximum Gasteiger partial charge on any atom is 0.303 e. The van der Waals surface area contributed by atoms with Crippen LogP contribution in [0, 0.1) is 0 Å². The molecule has 1 aliphatic carbocycles. The van der Waals surface area contributed by atoms with Gasteiger partial charge in [0.1, 0.15) is 0 Å². The van der Waals surface area contributed by atoms with Gasteiger partial charge in [0.2, 0.25) is 0 Å². The summed E-state index contributed by atoms with van der Waals surface area (Å²) in [5.74, 6) is -0.789. The molecule has 2 rings (SSSR count). The summed E-state index contributed by atoms with van der Waals surface area (Å²) in [6.07, 6.45) is 5.84. The number of carbonyl (C=O) groups is 1. The molecule has 5 nitrogen and oxygen atoms in total. The number of hydrogen-bond donors (Lipinski definition) is 2. The van der Waals surface area contributed by atoms with Gasteiger partial charge in [-0.1, -0.05) is 12.8 Å². The normalized spacial score (nSPS) is 16.5. The average Bonchev–Trinajstić information content (AvgIpc) is 2.86. The molecule has 1 fully saturated rings. The molecule has 0 bridgehead atoms. The molecule has 0 amide bonds. The fraction of sp³-hybridized carbons (Fsp3) is 0.667. The Morgan fingerprint density at radius 3 is 2.82 bits per heavy atom. The fourth-order valence-electron chi connectivity index (χ4n) is 2.45. The number of hydrogen-bond acceptors (Lipinski definition) is 2. The highest BCUT2D eigenvalue weighted by molar-refractivity contribution is 5.66. The number of carboxylic acids is 1. The molecule has 1 heterocycles. The second kappa shape index (κ2) is 5.21. The molecule has 17 heavy (non-hydrogen) atoms. The third kappa shape index (κ3) is 2.99. The Bertz CT molecular complexity index is 441. The molecule has 1 saturated carbocycles. The van der Waals surface area contributed by atoms with Crippen LogP contribution >= 0.6 is 0 Å². The third-order valence-electron chi connectivity index (χ3n) is 3.33. The molecule has 0 spiro atoms. The molecule has 0 atom stereocenters. The molecule has 1 aromatic rings. The van der Waals surface area contributed by atoms with Crippen molar-refractivity contribution in [2.45, 2.75) is 51.0 Å². The van der Waals surface area contributed by atoms with Crippen molar-refractivity contribution < 1.29 is 9.90 Å². The lowest BCUT2D eigenvalue weighted by Gasteiger charge is -2.09. The van der Waals surface area contributed by atoms with E-state index >= 15 is 0 Å². The topological polar surface area (TPSA) is 75.1 Å². The highest BCUT2D eigenvalue weighted by atomic mass is 16.4. The molecule has 1 aromatic heterocycles. The van der Waals surface area contributed by atoms with Crippen molar-refractivity contribution in [3.8, 4) is 0 Å². The lowest BCUT2D eigenvalue weighted by Crippen LogP contribution is -2.19. The van der Waals surface area contributed by atoms with Crippen LogP contribution in [0.1, 0.15) is 50.3 Å². The molecule has 1 aliphatic rings. The third-order valence-corrected chi connectivity index (χ3v) is 3.33. The van der Waals surface area contributed by atoms with Crippen LogP contribution in [-0.2, 0) is 11.2 Å². The van der Waals surface area contributed by atoms with Crippen molar-refractivity contribution in [3.63, 3.8) is 0 Å². The van der Waals surface area contributed by atoms with Crippen molar-refractivity contribution in [2.75, 3.05) is 0 Å². The van der Waals surface area contributed by atoms with Gasteiger partial charge in [0.25, 0.3) is 5.56 Å². The molecule has 0 aliphatic heterocycles. The van der Waals surface area contributed by atoms with E-state index in [0.29, 0.717) is 18.9 Å². The van der Waals surface area contributed by atoms with E-state index in [2.05, 4.69) is 5.10 Å². The van der Waals surface area contributed by atoms with Crippen molar-refractivity contribution in [1.29, 1.82) is 0 Å². The maximum absolute atomic E-state index is 11.7. The lowest BCUT2D eigenvalue weighted by atomic mass is 10.2. The largest absolute Gasteiger partial charge is 0.481 e. The number of nitrogens with zero attached hydrogens (tertiary/aromatic N) is 1. The van der Waals surface area contributed by atoms with Crippen molar-refractivity contribution >= 4 is 5.97 Å². The molecule has 2 N–H and O–H groups in total. The van der Waals surface area contributed by atoms with Gasteiger partial charge in [0.05, 0.1) is 6.04 Å². The number of carboxylic acid groups (broad SMARTS) is 1. The summed E-state index contributed by atoms with van der Waals surface area (Å²) >= 11 is 0. The monoisotopic (exact) mass is 238 g/mol. The van der Waals surface area contributed by atoms with Crippen LogP contribution in [0.4, 0.5) is 0 Å². The fourth-order valence-corrected chi connectivity index (χ4v) is 2.45. The van der Waals surface area contributed by atoms with Crippen LogP contribution in [-0.4, -0.2) is 20.9 Å². The SMILES string of the molecule is O=C(O)CCCc1cc(=O)n(C2CCCC2)[nH]1. The van der Waals surface area contributed by atoms with Crippen LogP contribution < -0.4 is 5.56 Å². The zero-order valence-electron chi connectivity index (χ0n) is 9.82. The molecule has 0 radical (unpaired) electrons. The van der Waals surface area contributed by atoms with E-state index < -0.39 is 5.97 Å². The van der Waals surface area contributed by atoms with E-state index in [1.165, 1.54) is 12.8 Å². The molecule has 0 saturated heterocycles. The van der Waals surface area contributed by atoms with E-state index in [1.807, 2.05) is 0 Å². The van der Waals surface area contributed by atoms with Gasteiger partial charge < -0.3 is 5.11 Å². The highest BCUT2D eigenvalue weighted by Gasteiger charge is 2.19. The van der Waals surface area contributed by atoms with Gasteiger partial charge in [-0.15, -0.1) is 0 Å². The summed E-state index contributed by atoms with van der Waals surface area (Å²) in [5, 5.41) is 11.7. The Hall–Kier alpha value is -1.52. The second-order valence-corrected chi connectivity index (χ2v) is 4.68. The Kier molecular flexibility index (Phi) is 3.66. The highest BCUT2D eigenvalue weighted by Crippen LogP contribution is 2.27. The second-order valence-electron chi connectivity index (χ2n) is 4.68. The summed E-state index contributed by atoms with van der Waals surface area (Å²) in [4.78, 5) is 22.1. The number of H-pyrrole nitrogens is 1. The van der Waals surface area contributed by atoms with E-state index in [9.17, 15) is 9.59 Å².